The van der Waals surface area contributed by atoms with Crippen molar-refractivity contribution in [1.29, 1.82) is 0 Å². The maximum absolute atomic E-state index is 5.30. The SMILES string of the molecule is C=Cc1ccc(CON=Cc2ccc(CC)cc2)cc1. The van der Waals surface area contributed by atoms with E-state index >= 15 is 0 Å². The summed E-state index contributed by atoms with van der Waals surface area (Å²) in [5, 5.41) is 3.99. The predicted molar refractivity (Wildman–Crippen MR) is 84.7 cm³/mol. The molecular weight excluding hydrogens is 246 g/mol. The highest BCUT2D eigenvalue weighted by molar-refractivity contribution is 5.79. The lowest BCUT2D eigenvalue weighted by Gasteiger charge is -2.01. The van der Waals surface area contributed by atoms with Crippen molar-refractivity contribution in [2.24, 2.45) is 5.16 Å². The van der Waals surface area contributed by atoms with Gasteiger partial charge < -0.3 is 4.84 Å². The maximum atomic E-state index is 5.30. The largest absolute Gasteiger partial charge is 0.391 e. The van der Waals surface area contributed by atoms with Crippen molar-refractivity contribution in [2.75, 3.05) is 0 Å². The molecule has 2 aromatic rings. The van der Waals surface area contributed by atoms with Gasteiger partial charge in [-0.1, -0.05) is 73.3 Å². The zero-order valence-electron chi connectivity index (χ0n) is 11.8. The van der Waals surface area contributed by atoms with Gasteiger partial charge in [0.25, 0.3) is 0 Å². The van der Waals surface area contributed by atoms with E-state index < -0.39 is 0 Å². The zero-order valence-corrected chi connectivity index (χ0v) is 11.8. The highest BCUT2D eigenvalue weighted by Crippen LogP contribution is 2.07. The van der Waals surface area contributed by atoms with Crippen LogP contribution in [0.4, 0.5) is 0 Å². The summed E-state index contributed by atoms with van der Waals surface area (Å²) in [5.41, 5.74) is 4.57. The van der Waals surface area contributed by atoms with Gasteiger partial charge >= 0.3 is 0 Å². The Hall–Kier alpha value is -2.35. The lowest BCUT2D eigenvalue weighted by molar-refractivity contribution is 0.132. The van der Waals surface area contributed by atoms with Gasteiger partial charge in [0, 0.05) is 0 Å². The van der Waals surface area contributed by atoms with Crippen LogP contribution in [0.3, 0.4) is 0 Å². The highest BCUT2D eigenvalue weighted by atomic mass is 16.6. The second kappa shape index (κ2) is 7.29. The summed E-state index contributed by atoms with van der Waals surface area (Å²) in [4.78, 5) is 5.30. The third-order valence-electron chi connectivity index (χ3n) is 3.11. The molecule has 0 aliphatic rings. The minimum Gasteiger partial charge on any atom is -0.391 e. The fourth-order valence-corrected chi connectivity index (χ4v) is 1.80. The van der Waals surface area contributed by atoms with Gasteiger partial charge in [-0.2, -0.15) is 0 Å². The van der Waals surface area contributed by atoms with Crippen LogP contribution in [0.2, 0.25) is 0 Å². The van der Waals surface area contributed by atoms with E-state index in [9.17, 15) is 0 Å². The molecule has 0 bridgehead atoms. The standard InChI is InChI=1S/C18H19NO/c1-3-15-5-9-17(10-6-15)13-19-20-14-18-11-7-16(4-2)8-12-18/h4-13H,2-3,14H2,1H3. The Morgan fingerprint density at radius 1 is 0.950 bits per heavy atom. The van der Waals surface area contributed by atoms with Crippen LogP contribution < -0.4 is 0 Å². The minimum atomic E-state index is 0.473. The molecule has 0 fully saturated rings. The number of benzene rings is 2. The summed E-state index contributed by atoms with van der Waals surface area (Å²) in [6.45, 7) is 6.34. The molecule has 2 aromatic carbocycles. The molecule has 102 valence electrons. The summed E-state index contributed by atoms with van der Waals surface area (Å²) < 4.78 is 0. The molecule has 0 unspecified atom stereocenters. The van der Waals surface area contributed by atoms with E-state index in [2.05, 4.69) is 30.8 Å². The van der Waals surface area contributed by atoms with Crippen molar-refractivity contribution in [3.8, 4) is 0 Å². The number of aryl methyl sites for hydroxylation is 1. The molecule has 0 aliphatic heterocycles. The Morgan fingerprint density at radius 2 is 1.55 bits per heavy atom. The second-order valence-electron chi connectivity index (χ2n) is 4.55. The molecule has 2 nitrogen and oxygen atoms in total. The second-order valence-corrected chi connectivity index (χ2v) is 4.55. The van der Waals surface area contributed by atoms with Crippen molar-refractivity contribution in [3.63, 3.8) is 0 Å². The summed E-state index contributed by atoms with van der Waals surface area (Å²) in [6, 6.07) is 16.4. The van der Waals surface area contributed by atoms with Gasteiger partial charge in [-0.05, 0) is 28.7 Å². The van der Waals surface area contributed by atoms with Crippen LogP contribution in [0.25, 0.3) is 6.08 Å². The van der Waals surface area contributed by atoms with Gasteiger partial charge in [-0.3, -0.25) is 0 Å². The van der Waals surface area contributed by atoms with E-state index in [0.29, 0.717) is 6.61 Å². The van der Waals surface area contributed by atoms with Crippen LogP contribution in [-0.2, 0) is 17.9 Å². The Morgan fingerprint density at radius 3 is 2.15 bits per heavy atom. The van der Waals surface area contributed by atoms with Gasteiger partial charge in [0.05, 0.1) is 6.21 Å². The van der Waals surface area contributed by atoms with Gasteiger partial charge in [0.2, 0.25) is 0 Å². The van der Waals surface area contributed by atoms with Crippen molar-refractivity contribution in [1.82, 2.24) is 0 Å². The van der Waals surface area contributed by atoms with Crippen molar-refractivity contribution in [3.05, 3.63) is 77.4 Å². The maximum Gasteiger partial charge on any atom is 0.142 e. The van der Waals surface area contributed by atoms with Gasteiger partial charge in [0.15, 0.2) is 0 Å². The Bertz CT molecular complexity index is 567. The van der Waals surface area contributed by atoms with Crippen molar-refractivity contribution < 1.29 is 4.84 Å². The molecule has 0 saturated heterocycles. The average molecular weight is 265 g/mol. The fourth-order valence-electron chi connectivity index (χ4n) is 1.80. The van der Waals surface area contributed by atoms with E-state index in [1.165, 1.54) is 5.56 Å². The normalized spacial score (nSPS) is 10.7. The van der Waals surface area contributed by atoms with Crippen LogP contribution in [-0.4, -0.2) is 6.21 Å². The molecule has 20 heavy (non-hydrogen) atoms. The van der Waals surface area contributed by atoms with Crippen LogP contribution in [0, 0.1) is 0 Å². The number of oxime groups is 1. The fraction of sp³-hybridized carbons (Fsp3) is 0.167. The minimum absolute atomic E-state index is 0.473. The first-order valence-electron chi connectivity index (χ1n) is 6.77. The molecule has 0 N–H and O–H groups in total. The van der Waals surface area contributed by atoms with Crippen molar-refractivity contribution in [2.45, 2.75) is 20.0 Å². The number of hydrogen-bond acceptors (Lipinski definition) is 2. The molecule has 0 aromatic heterocycles. The van der Waals surface area contributed by atoms with Crippen LogP contribution >= 0.6 is 0 Å². The van der Waals surface area contributed by atoms with E-state index in [-0.39, 0.29) is 0 Å². The van der Waals surface area contributed by atoms with E-state index in [1.54, 1.807) is 6.21 Å². The number of hydrogen-bond donors (Lipinski definition) is 0. The van der Waals surface area contributed by atoms with Gasteiger partial charge in [-0.15, -0.1) is 0 Å². The molecule has 2 rings (SSSR count). The van der Waals surface area contributed by atoms with Gasteiger partial charge in [-0.25, -0.2) is 0 Å². The first-order valence-corrected chi connectivity index (χ1v) is 6.77. The average Bonchev–Trinajstić information content (AvgIpc) is 2.53. The molecule has 0 atom stereocenters. The Kier molecular flexibility index (Phi) is 5.13. The molecule has 0 saturated carbocycles. The molecule has 0 spiro atoms. The van der Waals surface area contributed by atoms with Crippen LogP contribution in [0.15, 0.2) is 60.3 Å². The quantitative estimate of drug-likeness (QED) is 0.559. The Labute approximate surface area is 120 Å². The summed E-state index contributed by atoms with van der Waals surface area (Å²) >= 11 is 0. The van der Waals surface area contributed by atoms with Crippen LogP contribution in [0.1, 0.15) is 29.2 Å². The van der Waals surface area contributed by atoms with Gasteiger partial charge in [0.1, 0.15) is 6.61 Å². The van der Waals surface area contributed by atoms with Crippen molar-refractivity contribution >= 4 is 12.3 Å². The number of nitrogens with zero attached hydrogens (tertiary/aromatic N) is 1. The van der Waals surface area contributed by atoms with E-state index in [4.69, 9.17) is 4.84 Å². The molecule has 2 heteroatoms. The summed E-state index contributed by atoms with van der Waals surface area (Å²) in [7, 11) is 0. The molecule has 0 radical (unpaired) electrons. The monoisotopic (exact) mass is 265 g/mol. The van der Waals surface area contributed by atoms with E-state index in [0.717, 1.165) is 23.1 Å². The third-order valence-corrected chi connectivity index (χ3v) is 3.11. The molecule has 0 heterocycles. The first kappa shape index (κ1) is 14.1. The zero-order chi connectivity index (χ0) is 14.2. The number of rotatable bonds is 6. The third kappa shape index (κ3) is 4.09. The summed E-state index contributed by atoms with van der Waals surface area (Å²) in [6.07, 6.45) is 4.61. The topological polar surface area (TPSA) is 21.6 Å². The van der Waals surface area contributed by atoms with Crippen LogP contribution in [0.5, 0.6) is 0 Å². The first-order chi connectivity index (χ1) is 9.81. The lowest BCUT2D eigenvalue weighted by atomic mass is 10.1. The lowest BCUT2D eigenvalue weighted by Crippen LogP contribution is -1.89. The highest BCUT2D eigenvalue weighted by Gasteiger charge is 1.93. The van der Waals surface area contributed by atoms with E-state index in [1.807, 2.05) is 42.5 Å². The molecular formula is C18H19NO. The summed E-state index contributed by atoms with van der Waals surface area (Å²) in [5.74, 6) is 0. The smallest absolute Gasteiger partial charge is 0.142 e. The predicted octanol–water partition coefficient (Wildman–Crippen LogP) is 4.44. The molecule has 0 aliphatic carbocycles. The molecule has 0 amide bonds. The Balaban J connectivity index is 1.84.